The Morgan fingerprint density at radius 1 is 1.27 bits per heavy atom. The maximum atomic E-state index is 8.50. The number of aliphatic hydroxyl groups is 2. The van der Waals surface area contributed by atoms with E-state index in [2.05, 4.69) is 12.6 Å². The maximum Gasteiger partial charge on any atom is 0.133 e. The normalized spacial score (nSPS) is 8.64. The molecule has 3 nitrogen and oxygen atoms in total. The van der Waals surface area contributed by atoms with Crippen LogP contribution >= 0.6 is 24.8 Å². The van der Waals surface area contributed by atoms with E-state index in [0.29, 0.717) is 17.4 Å². The number of thiol groups is 1. The maximum absolute atomic E-state index is 8.50. The molecule has 0 bridgehead atoms. The van der Waals surface area contributed by atoms with Gasteiger partial charge in [-0.2, -0.15) is 0 Å². The molecule has 0 atom stereocenters. The average molecular weight is 204 g/mol. The van der Waals surface area contributed by atoms with Gasteiger partial charge in [-0.15, -0.1) is 12.6 Å². The van der Waals surface area contributed by atoms with Gasteiger partial charge in [0.25, 0.3) is 0 Å². The molecule has 1 radical (unpaired) electrons. The van der Waals surface area contributed by atoms with E-state index in [9.17, 15) is 0 Å². The molecule has 0 heterocycles. The van der Waals surface area contributed by atoms with Crippen molar-refractivity contribution in [2.75, 3.05) is 26.3 Å². The Morgan fingerprint density at radius 2 is 1.64 bits per heavy atom. The van der Waals surface area contributed by atoms with Gasteiger partial charge in [-0.1, -0.05) is 12.2 Å². The van der Waals surface area contributed by atoms with Crippen molar-refractivity contribution < 1.29 is 10.2 Å². The van der Waals surface area contributed by atoms with Crippen LogP contribution in [0.2, 0.25) is 0 Å². The van der Waals surface area contributed by atoms with Gasteiger partial charge in [0.15, 0.2) is 0 Å². The van der Waals surface area contributed by atoms with Crippen molar-refractivity contribution in [3.8, 4) is 0 Å². The summed E-state index contributed by atoms with van der Waals surface area (Å²) in [5.74, 6) is 0. The van der Waals surface area contributed by atoms with Crippen LogP contribution in [-0.2, 0) is 0 Å². The number of nitrogens with zero attached hydrogens (tertiary/aromatic N) is 1. The standard InChI is InChI=1S/C5H11NO2S2.Na/c7-3-1-6(2-4-8)5(9)10;/h7-8H,1-4H2,(H,9,10);. The minimum Gasteiger partial charge on any atom is -0.395 e. The molecule has 0 saturated heterocycles. The third kappa shape index (κ3) is 7.52. The quantitative estimate of drug-likeness (QED) is 0.316. The Hall–Kier alpha value is 1.16. The molecule has 0 aromatic heterocycles. The first-order valence-corrected chi connectivity index (χ1v) is 3.77. The predicted molar refractivity (Wildman–Crippen MR) is 53.1 cm³/mol. The molecule has 0 aromatic rings. The van der Waals surface area contributed by atoms with Crippen LogP contribution in [0.15, 0.2) is 0 Å². The fourth-order valence-electron chi connectivity index (χ4n) is 0.545. The summed E-state index contributed by atoms with van der Waals surface area (Å²) in [6.07, 6.45) is 0. The molecule has 0 amide bonds. The fourth-order valence-corrected chi connectivity index (χ4v) is 0.927. The van der Waals surface area contributed by atoms with E-state index in [1.165, 1.54) is 0 Å². The molecule has 0 aliphatic carbocycles. The van der Waals surface area contributed by atoms with Crippen LogP contribution < -0.4 is 0 Å². The second-order valence-corrected chi connectivity index (χ2v) is 2.83. The Kier molecular flexibility index (Phi) is 12.3. The summed E-state index contributed by atoms with van der Waals surface area (Å²) in [5.41, 5.74) is 0. The number of thiocarbonyl (C=S) groups is 1. The smallest absolute Gasteiger partial charge is 0.133 e. The van der Waals surface area contributed by atoms with Gasteiger partial charge in [0, 0.05) is 42.6 Å². The molecule has 0 aliphatic heterocycles. The summed E-state index contributed by atoms with van der Waals surface area (Å²) in [6, 6.07) is 0. The van der Waals surface area contributed by atoms with E-state index in [4.69, 9.17) is 22.4 Å². The molecule has 6 heteroatoms. The minimum atomic E-state index is 0. The predicted octanol–water partition coefficient (Wildman–Crippen LogP) is -0.893. The largest absolute Gasteiger partial charge is 0.395 e. The third-order valence-corrected chi connectivity index (χ3v) is 1.55. The summed E-state index contributed by atoms with van der Waals surface area (Å²) < 4.78 is 0.406. The van der Waals surface area contributed by atoms with E-state index in [1.54, 1.807) is 4.90 Å². The van der Waals surface area contributed by atoms with Crippen molar-refractivity contribution in [1.29, 1.82) is 0 Å². The molecule has 0 rings (SSSR count). The third-order valence-electron chi connectivity index (χ3n) is 1.01. The van der Waals surface area contributed by atoms with Crippen molar-refractivity contribution in [3.05, 3.63) is 0 Å². The van der Waals surface area contributed by atoms with Crippen LogP contribution in [0.5, 0.6) is 0 Å². The zero-order chi connectivity index (χ0) is 7.98. The Morgan fingerprint density at radius 3 is 1.82 bits per heavy atom. The second kappa shape index (κ2) is 9.25. The van der Waals surface area contributed by atoms with Gasteiger partial charge in [0.1, 0.15) is 4.32 Å². The molecular formula is C5H11NNaO2S2. The van der Waals surface area contributed by atoms with Crippen LogP contribution in [0.25, 0.3) is 0 Å². The molecule has 0 fully saturated rings. The number of rotatable bonds is 4. The molecule has 11 heavy (non-hydrogen) atoms. The monoisotopic (exact) mass is 204 g/mol. The Balaban J connectivity index is 0. The van der Waals surface area contributed by atoms with Crippen molar-refractivity contribution in [2.45, 2.75) is 0 Å². The summed E-state index contributed by atoms with van der Waals surface area (Å²) in [4.78, 5) is 1.62. The molecule has 0 saturated carbocycles. The van der Waals surface area contributed by atoms with Crippen molar-refractivity contribution in [2.24, 2.45) is 0 Å². The first-order chi connectivity index (χ1) is 4.72. The molecular weight excluding hydrogens is 193 g/mol. The summed E-state index contributed by atoms with van der Waals surface area (Å²) in [7, 11) is 0. The van der Waals surface area contributed by atoms with Crippen molar-refractivity contribution in [1.82, 2.24) is 4.90 Å². The zero-order valence-corrected chi connectivity index (χ0v) is 10.2. The van der Waals surface area contributed by atoms with Gasteiger partial charge in [-0.05, 0) is 0 Å². The molecule has 0 aromatic carbocycles. The molecule has 61 valence electrons. The molecule has 0 unspecified atom stereocenters. The second-order valence-electron chi connectivity index (χ2n) is 1.72. The SMILES string of the molecule is OCCN(CCO)C(=S)S.[Na]. The van der Waals surface area contributed by atoms with Crippen molar-refractivity contribution in [3.63, 3.8) is 0 Å². The van der Waals surface area contributed by atoms with Gasteiger partial charge in [-0.25, -0.2) is 0 Å². The van der Waals surface area contributed by atoms with E-state index < -0.39 is 0 Å². The molecule has 2 N–H and O–H groups in total. The van der Waals surface area contributed by atoms with E-state index in [0.717, 1.165) is 0 Å². The topological polar surface area (TPSA) is 43.7 Å². The number of hydrogen-bond acceptors (Lipinski definition) is 3. The fraction of sp³-hybridized carbons (Fsp3) is 0.800. The molecule has 0 spiro atoms. The zero-order valence-electron chi connectivity index (χ0n) is 6.53. The van der Waals surface area contributed by atoms with Crippen molar-refractivity contribution >= 4 is 58.7 Å². The van der Waals surface area contributed by atoms with Crippen LogP contribution in [0.4, 0.5) is 0 Å². The summed E-state index contributed by atoms with van der Waals surface area (Å²) in [5, 5.41) is 17.0. The van der Waals surface area contributed by atoms with Gasteiger partial charge < -0.3 is 15.1 Å². The first-order valence-electron chi connectivity index (χ1n) is 2.92. The average Bonchev–Trinajstić information content (AvgIpc) is 1.87. The Bertz CT molecular complexity index is 109. The summed E-state index contributed by atoms with van der Waals surface area (Å²) in [6.45, 7) is 0.924. The molecule has 0 aliphatic rings. The minimum absolute atomic E-state index is 0. The van der Waals surface area contributed by atoms with Crippen LogP contribution in [0.3, 0.4) is 0 Å². The first kappa shape index (κ1) is 14.7. The van der Waals surface area contributed by atoms with Gasteiger partial charge >= 0.3 is 0 Å². The van der Waals surface area contributed by atoms with E-state index in [-0.39, 0.29) is 42.8 Å². The summed E-state index contributed by atoms with van der Waals surface area (Å²) >= 11 is 8.61. The Labute approximate surface area is 99.5 Å². The van der Waals surface area contributed by atoms with E-state index in [1.807, 2.05) is 0 Å². The van der Waals surface area contributed by atoms with Gasteiger partial charge in [0.2, 0.25) is 0 Å². The number of aliphatic hydroxyl groups excluding tert-OH is 2. The van der Waals surface area contributed by atoms with Gasteiger partial charge in [-0.3, -0.25) is 0 Å². The van der Waals surface area contributed by atoms with Crippen LogP contribution in [0, 0.1) is 0 Å². The van der Waals surface area contributed by atoms with Gasteiger partial charge in [0.05, 0.1) is 13.2 Å². The van der Waals surface area contributed by atoms with E-state index >= 15 is 0 Å². The number of hydrogen-bond donors (Lipinski definition) is 3. The van der Waals surface area contributed by atoms with Crippen LogP contribution in [0.1, 0.15) is 0 Å². The van der Waals surface area contributed by atoms with Crippen LogP contribution in [-0.4, -0.2) is 75.3 Å².